The summed E-state index contributed by atoms with van der Waals surface area (Å²) < 4.78 is 0. The number of pyridine rings is 2. The molecule has 0 radical (unpaired) electrons. The van der Waals surface area contributed by atoms with Crippen molar-refractivity contribution < 1.29 is 9.85 Å². The summed E-state index contributed by atoms with van der Waals surface area (Å²) in [4.78, 5) is 31.5. The number of hydrogen-bond donors (Lipinski definition) is 0. The van der Waals surface area contributed by atoms with E-state index in [0.717, 1.165) is 6.07 Å². The second kappa shape index (κ2) is 8.00. The van der Waals surface area contributed by atoms with Gasteiger partial charge in [-0.1, -0.05) is 12.1 Å². The number of hydrogen-bond acceptors (Lipinski definition) is 7. The molecule has 136 valence electrons. The van der Waals surface area contributed by atoms with E-state index in [1.165, 1.54) is 12.1 Å². The van der Waals surface area contributed by atoms with E-state index < -0.39 is 9.85 Å². The van der Waals surface area contributed by atoms with Crippen LogP contribution in [-0.2, 0) is 13.1 Å². The fourth-order valence-electron chi connectivity index (χ4n) is 2.64. The molecular formula is C18H15N5O4. The molecule has 2 heterocycles. The van der Waals surface area contributed by atoms with Gasteiger partial charge >= 0.3 is 0 Å². The summed E-state index contributed by atoms with van der Waals surface area (Å²) in [6.45, 7) is 0.576. The molecule has 2 aromatic heterocycles. The second-order valence-corrected chi connectivity index (χ2v) is 5.69. The molecule has 0 saturated heterocycles. The first-order valence-corrected chi connectivity index (χ1v) is 8.02. The van der Waals surface area contributed by atoms with Crippen LogP contribution in [0.5, 0.6) is 0 Å². The van der Waals surface area contributed by atoms with Gasteiger partial charge in [0.1, 0.15) is 5.69 Å². The van der Waals surface area contributed by atoms with Gasteiger partial charge in [0.25, 0.3) is 11.4 Å². The van der Waals surface area contributed by atoms with Gasteiger partial charge in [0.2, 0.25) is 0 Å². The Labute approximate surface area is 154 Å². The molecule has 0 spiro atoms. The summed E-state index contributed by atoms with van der Waals surface area (Å²) in [7, 11) is 0. The molecule has 0 N–H and O–H groups in total. The van der Waals surface area contributed by atoms with Gasteiger partial charge < -0.3 is 4.90 Å². The second-order valence-electron chi connectivity index (χ2n) is 5.69. The molecule has 0 aliphatic heterocycles. The number of anilines is 1. The fraction of sp³-hybridized carbons (Fsp3) is 0.111. The number of non-ortho nitro benzene ring substituents is 1. The Morgan fingerprint density at radius 2 is 1.41 bits per heavy atom. The minimum absolute atomic E-state index is 0.266. The Kier molecular flexibility index (Phi) is 5.31. The van der Waals surface area contributed by atoms with Crippen molar-refractivity contribution in [2.24, 2.45) is 0 Å². The summed E-state index contributed by atoms with van der Waals surface area (Å²) in [5.74, 6) is 0. The maximum atomic E-state index is 11.5. The lowest BCUT2D eigenvalue weighted by Crippen LogP contribution is -2.24. The van der Waals surface area contributed by atoms with Gasteiger partial charge in [-0.2, -0.15) is 0 Å². The Morgan fingerprint density at radius 3 is 1.85 bits per heavy atom. The van der Waals surface area contributed by atoms with Crippen molar-refractivity contribution in [2.75, 3.05) is 4.90 Å². The normalized spacial score (nSPS) is 10.4. The third-order valence-electron chi connectivity index (χ3n) is 3.87. The van der Waals surface area contributed by atoms with Crippen LogP contribution in [0.1, 0.15) is 11.4 Å². The van der Waals surface area contributed by atoms with Crippen molar-refractivity contribution in [1.82, 2.24) is 9.97 Å². The molecule has 0 amide bonds. The molecule has 9 nitrogen and oxygen atoms in total. The number of benzene rings is 1. The van der Waals surface area contributed by atoms with Crippen LogP contribution < -0.4 is 4.90 Å². The lowest BCUT2D eigenvalue weighted by molar-refractivity contribution is -0.393. The number of nitro groups is 2. The Hall–Kier alpha value is -3.88. The highest BCUT2D eigenvalue weighted by Gasteiger charge is 2.24. The van der Waals surface area contributed by atoms with Crippen LogP contribution in [-0.4, -0.2) is 19.8 Å². The molecule has 0 aliphatic rings. The predicted octanol–water partition coefficient (Wildman–Crippen LogP) is 3.50. The molecule has 0 atom stereocenters. The smallest absolute Gasteiger partial charge is 0.299 e. The van der Waals surface area contributed by atoms with Crippen LogP contribution in [0, 0.1) is 20.2 Å². The molecule has 0 fully saturated rings. The van der Waals surface area contributed by atoms with Crippen LogP contribution in [0.15, 0.2) is 67.0 Å². The predicted molar refractivity (Wildman–Crippen MR) is 98.1 cm³/mol. The van der Waals surface area contributed by atoms with Gasteiger partial charge in [-0.15, -0.1) is 0 Å². The van der Waals surface area contributed by atoms with E-state index in [-0.39, 0.29) is 30.2 Å². The molecule has 9 heteroatoms. The van der Waals surface area contributed by atoms with Crippen LogP contribution >= 0.6 is 0 Å². The lowest BCUT2D eigenvalue weighted by atomic mass is 10.2. The third kappa shape index (κ3) is 4.40. The molecule has 3 rings (SSSR count). The highest BCUT2D eigenvalue weighted by atomic mass is 16.6. The zero-order chi connectivity index (χ0) is 19.2. The molecule has 27 heavy (non-hydrogen) atoms. The first kappa shape index (κ1) is 17.9. The Balaban J connectivity index is 2.03. The fourth-order valence-corrected chi connectivity index (χ4v) is 2.64. The van der Waals surface area contributed by atoms with Gasteiger partial charge in [0.05, 0.1) is 40.4 Å². The average Bonchev–Trinajstić information content (AvgIpc) is 2.68. The Bertz CT molecular complexity index is 909. The summed E-state index contributed by atoms with van der Waals surface area (Å²) in [5, 5.41) is 22.5. The zero-order valence-corrected chi connectivity index (χ0v) is 14.1. The largest absolute Gasteiger partial charge is 0.354 e. The van der Waals surface area contributed by atoms with Crippen LogP contribution in [0.3, 0.4) is 0 Å². The summed E-state index contributed by atoms with van der Waals surface area (Å²) in [6.07, 6.45) is 3.27. The molecular weight excluding hydrogens is 350 g/mol. The molecule has 1 aromatic carbocycles. The highest BCUT2D eigenvalue weighted by Crippen LogP contribution is 2.33. The summed E-state index contributed by atoms with van der Waals surface area (Å²) in [5.41, 5.74) is 1.02. The van der Waals surface area contributed by atoms with E-state index in [1.807, 2.05) is 24.3 Å². The lowest BCUT2D eigenvalue weighted by Gasteiger charge is -2.24. The van der Waals surface area contributed by atoms with E-state index >= 15 is 0 Å². The van der Waals surface area contributed by atoms with Gasteiger partial charge in [-0.05, 0) is 30.3 Å². The number of nitro benzene ring substituents is 2. The van der Waals surface area contributed by atoms with Gasteiger partial charge in [-0.3, -0.25) is 30.2 Å². The van der Waals surface area contributed by atoms with Crippen molar-refractivity contribution in [3.8, 4) is 0 Å². The number of rotatable bonds is 7. The van der Waals surface area contributed by atoms with Crippen molar-refractivity contribution in [2.45, 2.75) is 13.1 Å². The number of aromatic nitrogens is 2. The topological polar surface area (TPSA) is 115 Å². The SMILES string of the molecule is O=[N+]([O-])c1ccc(N(Cc2ccccn2)Cc2ccccn2)c([N+](=O)[O-])c1. The minimum Gasteiger partial charge on any atom is -0.354 e. The third-order valence-corrected chi connectivity index (χ3v) is 3.87. The quantitative estimate of drug-likeness (QED) is 0.465. The first-order chi connectivity index (χ1) is 13.0. The van der Waals surface area contributed by atoms with E-state index in [1.54, 1.807) is 29.4 Å². The van der Waals surface area contributed by atoms with Crippen LogP contribution in [0.25, 0.3) is 0 Å². The highest BCUT2D eigenvalue weighted by molar-refractivity contribution is 5.67. The Morgan fingerprint density at radius 1 is 0.815 bits per heavy atom. The molecule has 0 saturated carbocycles. The standard InChI is InChI=1S/C18H15N5O4/c24-22(25)16-7-8-17(18(11-16)23(26)27)21(12-14-5-1-3-9-19-14)13-15-6-2-4-10-20-15/h1-11H,12-13H2. The summed E-state index contributed by atoms with van der Waals surface area (Å²) in [6, 6.07) is 14.4. The van der Waals surface area contributed by atoms with E-state index in [2.05, 4.69) is 9.97 Å². The van der Waals surface area contributed by atoms with E-state index in [0.29, 0.717) is 11.4 Å². The van der Waals surface area contributed by atoms with Crippen LogP contribution in [0.2, 0.25) is 0 Å². The molecule has 3 aromatic rings. The van der Waals surface area contributed by atoms with E-state index in [9.17, 15) is 20.2 Å². The van der Waals surface area contributed by atoms with E-state index in [4.69, 9.17) is 0 Å². The minimum atomic E-state index is -0.654. The van der Waals surface area contributed by atoms with Gasteiger partial charge in [0, 0.05) is 18.5 Å². The molecule has 0 bridgehead atoms. The van der Waals surface area contributed by atoms with Crippen molar-refractivity contribution >= 4 is 17.1 Å². The molecule has 0 aliphatic carbocycles. The van der Waals surface area contributed by atoms with Gasteiger partial charge in [-0.25, -0.2) is 0 Å². The van der Waals surface area contributed by atoms with Crippen molar-refractivity contribution in [1.29, 1.82) is 0 Å². The zero-order valence-electron chi connectivity index (χ0n) is 14.1. The average molecular weight is 365 g/mol. The maximum Gasteiger partial charge on any atom is 0.299 e. The van der Waals surface area contributed by atoms with Gasteiger partial charge in [0.15, 0.2) is 0 Å². The molecule has 0 unspecified atom stereocenters. The maximum absolute atomic E-state index is 11.5. The van der Waals surface area contributed by atoms with Crippen LogP contribution in [0.4, 0.5) is 17.1 Å². The van der Waals surface area contributed by atoms with Crippen molar-refractivity contribution in [3.63, 3.8) is 0 Å². The number of nitrogens with zero attached hydrogens (tertiary/aromatic N) is 5. The first-order valence-electron chi connectivity index (χ1n) is 8.02. The summed E-state index contributed by atoms with van der Waals surface area (Å²) >= 11 is 0. The monoisotopic (exact) mass is 365 g/mol. The van der Waals surface area contributed by atoms with Crippen molar-refractivity contribution in [3.05, 3.63) is 98.6 Å².